The Morgan fingerprint density at radius 3 is 2.44 bits per heavy atom. The summed E-state index contributed by atoms with van der Waals surface area (Å²) in [6, 6.07) is 15.4. The van der Waals surface area contributed by atoms with E-state index < -0.39 is 11.7 Å². The van der Waals surface area contributed by atoms with Crippen molar-refractivity contribution >= 4 is 5.97 Å². The van der Waals surface area contributed by atoms with Crippen molar-refractivity contribution in [3.8, 4) is 22.5 Å². The second-order valence-corrected chi connectivity index (χ2v) is 8.53. The summed E-state index contributed by atoms with van der Waals surface area (Å²) < 4.78 is 11.1. The Bertz CT molecular complexity index is 1480. The third-order valence-electron chi connectivity index (χ3n) is 6.08. The lowest BCUT2D eigenvalue weighted by molar-refractivity contribution is -0.139. The first kappa shape index (κ1) is 24.8. The lowest BCUT2D eigenvalue weighted by Gasteiger charge is -2.16. The number of unbranched alkanes of at least 4 members (excludes halogenated alkanes) is 1. The van der Waals surface area contributed by atoms with E-state index in [1.165, 1.54) is 7.11 Å². The summed E-state index contributed by atoms with van der Waals surface area (Å²) in [5, 5.41) is 3.81. The highest BCUT2D eigenvalue weighted by molar-refractivity contribution is 5.80. The van der Waals surface area contributed by atoms with E-state index in [1.807, 2.05) is 48.5 Å². The third-order valence-corrected chi connectivity index (χ3v) is 6.08. The molecule has 0 bridgehead atoms. The lowest BCUT2D eigenvalue weighted by Crippen LogP contribution is -2.31. The standard InChI is InChI=1S/C27H28N4O5/c1-4-5-10-23-28-17(2)22(15-24(32)35-3)26(33)31(23)16-18-11-13-19(14-12-18)20-8-6-7-9-21(20)25-29-27(34)36-30-25/h6-9,11-14H,4-5,10,15-16H2,1-3H3,(H,29,30,34). The van der Waals surface area contributed by atoms with Crippen LogP contribution in [0.2, 0.25) is 0 Å². The minimum atomic E-state index is -0.613. The highest BCUT2D eigenvalue weighted by Gasteiger charge is 2.18. The molecule has 9 nitrogen and oxygen atoms in total. The molecule has 186 valence electrons. The van der Waals surface area contributed by atoms with Crippen LogP contribution in [0.25, 0.3) is 22.5 Å². The molecular weight excluding hydrogens is 460 g/mol. The number of hydrogen-bond acceptors (Lipinski definition) is 7. The van der Waals surface area contributed by atoms with Gasteiger partial charge in [-0.1, -0.05) is 67.0 Å². The van der Waals surface area contributed by atoms with Crippen LogP contribution in [0.5, 0.6) is 0 Å². The molecule has 4 rings (SSSR count). The van der Waals surface area contributed by atoms with Gasteiger partial charge >= 0.3 is 11.7 Å². The van der Waals surface area contributed by atoms with Crippen molar-refractivity contribution in [1.29, 1.82) is 0 Å². The first-order valence-corrected chi connectivity index (χ1v) is 11.8. The lowest BCUT2D eigenvalue weighted by atomic mass is 9.98. The van der Waals surface area contributed by atoms with Crippen molar-refractivity contribution in [2.45, 2.75) is 46.1 Å². The molecule has 36 heavy (non-hydrogen) atoms. The molecule has 1 N–H and O–H groups in total. The number of methoxy groups -OCH3 is 1. The van der Waals surface area contributed by atoms with E-state index in [2.05, 4.69) is 26.6 Å². The predicted octanol–water partition coefficient (Wildman–Crippen LogP) is 3.67. The summed E-state index contributed by atoms with van der Waals surface area (Å²) >= 11 is 0. The fourth-order valence-electron chi connectivity index (χ4n) is 4.12. The molecule has 0 amide bonds. The van der Waals surface area contributed by atoms with Gasteiger partial charge in [0.25, 0.3) is 5.56 Å². The number of H-pyrrole nitrogens is 1. The quantitative estimate of drug-likeness (QED) is 0.357. The fourth-order valence-corrected chi connectivity index (χ4v) is 4.12. The van der Waals surface area contributed by atoms with E-state index in [-0.39, 0.29) is 12.0 Å². The number of aryl methyl sites for hydroxylation is 2. The van der Waals surface area contributed by atoms with Crippen molar-refractivity contribution < 1.29 is 14.1 Å². The molecule has 0 radical (unpaired) electrons. The van der Waals surface area contributed by atoms with Gasteiger partial charge in [0.2, 0.25) is 0 Å². The van der Waals surface area contributed by atoms with Crippen molar-refractivity contribution in [1.82, 2.24) is 19.7 Å². The molecule has 0 atom stereocenters. The Labute approximate surface area is 207 Å². The van der Waals surface area contributed by atoms with Gasteiger partial charge in [-0.15, -0.1) is 0 Å². The summed E-state index contributed by atoms with van der Waals surface area (Å²) in [6.07, 6.45) is 2.44. The average Bonchev–Trinajstić information content (AvgIpc) is 3.33. The Morgan fingerprint density at radius 1 is 1.08 bits per heavy atom. The van der Waals surface area contributed by atoms with Crippen LogP contribution in [0.4, 0.5) is 0 Å². The Kier molecular flexibility index (Phi) is 7.58. The SMILES string of the molecule is CCCCc1nc(C)c(CC(=O)OC)c(=O)n1Cc1ccc(-c2ccccc2-c2noc(=O)[nH]2)cc1. The predicted molar refractivity (Wildman–Crippen MR) is 135 cm³/mol. The van der Waals surface area contributed by atoms with Gasteiger partial charge in [-0.25, -0.2) is 9.78 Å². The molecule has 9 heteroatoms. The molecule has 2 aromatic heterocycles. The van der Waals surface area contributed by atoms with Gasteiger partial charge in [-0.2, -0.15) is 0 Å². The Balaban J connectivity index is 1.68. The van der Waals surface area contributed by atoms with Gasteiger partial charge in [0.1, 0.15) is 5.82 Å². The third kappa shape index (κ3) is 5.35. The first-order chi connectivity index (χ1) is 17.4. The van der Waals surface area contributed by atoms with Gasteiger partial charge in [-0.3, -0.25) is 23.7 Å². The Hall–Kier alpha value is -4.27. The van der Waals surface area contributed by atoms with Crippen LogP contribution < -0.4 is 11.3 Å². The molecule has 0 aliphatic heterocycles. The molecule has 4 aromatic rings. The van der Waals surface area contributed by atoms with Crippen molar-refractivity contribution in [2.75, 3.05) is 7.11 Å². The summed E-state index contributed by atoms with van der Waals surface area (Å²) in [7, 11) is 1.30. The minimum absolute atomic E-state index is 0.109. The fraction of sp³-hybridized carbons (Fsp3) is 0.296. The largest absolute Gasteiger partial charge is 0.469 e. The molecular formula is C27H28N4O5. The van der Waals surface area contributed by atoms with E-state index in [9.17, 15) is 14.4 Å². The normalized spacial score (nSPS) is 11.0. The van der Waals surface area contributed by atoms with Crippen LogP contribution in [-0.4, -0.2) is 32.8 Å². The monoisotopic (exact) mass is 488 g/mol. The second kappa shape index (κ2) is 11.0. The van der Waals surface area contributed by atoms with E-state index in [1.54, 1.807) is 11.5 Å². The molecule has 2 aromatic carbocycles. The number of benzene rings is 2. The number of aromatic amines is 1. The van der Waals surface area contributed by atoms with E-state index in [4.69, 9.17) is 4.74 Å². The summed E-state index contributed by atoms with van der Waals surface area (Å²) in [4.78, 5) is 44.0. The number of hydrogen-bond donors (Lipinski definition) is 1. The molecule has 0 saturated carbocycles. The van der Waals surface area contributed by atoms with E-state index in [0.29, 0.717) is 35.9 Å². The van der Waals surface area contributed by atoms with Crippen molar-refractivity contribution in [3.05, 3.63) is 92.1 Å². The molecule has 2 heterocycles. The summed E-state index contributed by atoms with van der Waals surface area (Å²) in [6.45, 7) is 4.18. The molecule has 0 unspecified atom stereocenters. The highest BCUT2D eigenvalue weighted by Crippen LogP contribution is 2.30. The topological polar surface area (TPSA) is 120 Å². The molecule has 0 fully saturated rings. The zero-order valence-electron chi connectivity index (χ0n) is 20.5. The number of carbonyl (C=O) groups is 1. The number of esters is 1. The number of nitrogens with zero attached hydrogens (tertiary/aromatic N) is 3. The molecule has 0 saturated heterocycles. The van der Waals surface area contributed by atoms with E-state index in [0.717, 1.165) is 35.1 Å². The maximum atomic E-state index is 13.4. The average molecular weight is 489 g/mol. The minimum Gasteiger partial charge on any atom is -0.469 e. The second-order valence-electron chi connectivity index (χ2n) is 8.53. The van der Waals surface area contributed by atoms with E-state index >= 15 is 0 Å². The zero-order valence-corrected chi connectivity index (χ0v) is 20.5. The van der Waals surface area contributed by atoms with Crippen LogP contribution in [-0.2, 0) is 28.9 Å². The van der Waals surface area contributed by atoms with Gasteiger partial charge < -0.3 is 4.74 Å². The van der Waals surface area contributed by atoms with Crippen LogP contribution in [0.3, 0.4) is 0 Å². The summed E-state index contributed by atoms with van der Waals surface area (Å²) in [5.74, 6) is -0.0212. The summed E-state index contributed by atoms with van der Waals surface area (Å²) in [5.41, 5.74) is 4.16. The van der Waals surface area contributed by atoms with Crippen molar-refractivity contribution in [3.63, 3.8) is 0 Å². The molecule has 0 spiro atoms. The maximum absolute atomic E-state index is 13.4. The van der Waals surface area contributed by atoms with Gasteiger partial charge in [-0.05, 0) is 30.0 Å². The number of ether oxygens (including phenoxy) is 1. The number of rotatable bonds is 9. The van der Waals surface area contributed by atoms with Crippen LogP contribution in [0.1, 0.15) is 42.4 Å². The molecule has 0 aliphatic carbocycles. The number of carbonyl (C=O) groups excluding carboxylic acids is 1. The number of aromatic nitrogens is 4. The number of nitrogens with one attached hydrogen (secondary N) is 1. The molecule has 0 aliphatic rings. The van der Waals surface area contributed by atoms with Gasteiger partial charge in [0, 0.05) is 23.2 Å². The van der Waals surface area contributed by atoms with Gasteiger partial charge in [0.05, 0.1) is 20.1 Å². The zero-order chi connectivity index (χ0) is 25.7. The highest BCUT2D eigenvalue weighted by atomic mass is 16.5. The first-order valence-electron chi connectivity index (χ1n) is 11.8. The van der Waals surface area contributed by atoms with Crippen LogP contribution in [0.15, 0.2) is 62.6 Å². The van der Waals surface area contributed by atoms with Gasteiger partial charge in [0.15, 0.2) is 5.82 Å². The Morgan fingerprint density at radius 2 is 1.81 bits per heavy atom. The maximum Gasteiger partial charge on any atom is 0.439 e. The van der Waals surface area contributed by atoms with Crippen molar-refractivity contribution in [2.24, 2.45) is 0 Å². The van der Waals surface area contributed by atoms with Crippen LogP contribution >= 0.6 is 0 Å². The van der Waals surface area contributed by atoms with Crippen LogP contribution in [0, 0.1) is 6.92 Å². The smallest absolute Gasteiger partial charge is 0.439 e.